The summed E-state index contributed by atoms with van der Waals surface area (Å²) in [6.07, 6.45) is -4.19. The summed E-state index contributed by atoms with van der Waals surface area (Å²) in [7, 11) is 0. The average molecular weight is 179 g/mol. The number of ether oxygens (including phenoxy) is 1. The molecule has 12 heavy (non-hydrogen) atoms. The Morgan fingerprint density at radius 2 is 2.00 bits per heavy atom. The average Bonchev–Trinajstić information content (AvgIpc) is 2.09. The standard InChI is InChI=1S/C6H13NO5/c7-2-6(11)5(10)4(9)3(8)1-12-6/h3-5,8-11H,1-2,7H2/t3-,4-,5+,6+/m1/s1. The van der Waals surface area contributed by atoms with E-state index in [9.17, 15) is 10.2 Å². The van der Waals surface area contributed by atoms with Crippen molar-refractivity contribution in [1.82, 2.24) is 0 Å². The van der Waals surface area contributed by atoms with Crippen LogP contribution in [0.15, 0.2) is 0 Å². The topological polar surface area (TPSA) is 116 Å². The summed E-state index contributed by atoms with van der Waals surface area (Å²) in [6, 6.07) is 0. The maximum atomic E-state index is 9.37. The summed E-state index contributed by atoms with van der Waals surface area (Å²) in [5, 5.41) is 36.7. The highest BCUT2D eigenvalue weighted by molar-refractivity contribution is 4.91. The first-order valence-corrected chi connectivity index (χ1v) is 3.62. The first kappa shape index (κ1) is 9.85. The van der Waals surface area contributed by atoms with Crippen molar-refractivity contribution < 1.29 is 25.2 Å². The summed E-state index contributed by atoms with van der Waals surface area (Å²) >= 11 is 0. The van der Waals surface area contributed by atoms with Crippen molar-refractivity contribution in [3.63, 3.8) is 0 Å². The lowest BCUT2D eigenvalue weighted by Crippen LogP contribution is -2.63. The van der Waals surface area contributed by atoms with Crippen molar-refractivity contribution in [1.29, 1.82) is 0 Å². The molecule has 0 aromatic heterocycles. The van der Waals surface area contributed by atoms with Gasteiger partial charge in [0.15, 0.2) is 0 Å². The minimum Gasteiger partial charge on any atom is -0.388 e. The SMILES string of the molecule is NC[C@]1(O)OC[C@@H](O)[C@@H](O)[C@@H]1O. The van der Waals surface area contributed by atoms with Crippen LogP contribution in [0.2, 0.25) is 0 Å². The Balaban J connectivity index is 2.71. The minimum atomic E-state index is -1.95. The molecule has 1 aliphatic heterocycles. The van der Waals surface area contributed by atoms with Crippen molar-refractivity contribution in [2.24, 2.45) is 5.73 Å². The Labute approximate surface area is 69.2 Å². The lowest BCUT2D eigenvalue weighted by atomic mass is 9.97. The van der Waals surface area contributed by atoms with E-state index in [1.165, 1.54) is 0 Å². The van der Waals surface area contributed by atoms with Crippen LogP contribution in [0.3, 0.4) is 0 Å². The molecule has 4 atom stereocenters. The van der Waals surface area contributed by atoms with Gasteiger partial charge in [-0.2, -0.15) is 0 Å². The molecule has 0 unspecified atom stereocenters. The highest BCUT2D eigenvalue weighted by Gasteiger charge is 2.47. The lowest BCUT2D eigenvalue weighted by Gasteiger charge is -2.40. The van der Waals surface area contributed by atoms with E-state index < -0.39 is 24.1 Å². The first-order chi connectivity index (χ1) is 5.51. The van der Waals surface area contributed by atoms with Crippen molar-refractivity contribution >= 4 is 0 Å². The van der Waals surface area contributed by atoms with Crippen LogP contribution in [0.4, 0.5) is 0 Å². The Hall–Kier alpha value is -0.240. The molecule has 72 valence electrons. The predicted molar refractivity (Wildman–Crippen MR) is 38.0 cm³/mol. The Bertz CT molecular complexity index is 166. The van der Waals surface area contributed by atoms with Crippen molar-refractivity contribution in [3.05, 3.63) is 0 Å². The van der Waals surface area contributed by atoms with Gasteiger partial charge in [0.1, 0.15) is 18.3 Å². The van der Waals surface area contributed by atoms with Gasteiger partial charge in [0.25, 0.3) is 0 Å². The van der Waals surface area contributed by atoms with Gasteiger partial charge in [-0.1, -0.05) is 0 Å². The number of rotatable bonds is 1. The molecule has 6 nitrogen and oxygen atoms in total. The fourth-order valence-corrected chi connectivity index (χ4v) is 1.07. The van der Waals surface area contributed by atoms with E-state index >= 15 is 0 Å². The van der Waals surface area contributed by atoms with Gasteiger partial charge in [-0.15, -0.1) is 0 Å². The molecule has 0 amide bonds. The van der Waals surface area contributed by atoms with Gasteiger partial charge in [-0.3, -0.25) is 0 Å². The van der Waals surface area contributed by atoms with E-state index in [0.29, 0.717) is 0 Å². The van der Waals surface area contributed by atoms with Crippen molar-refractivity contribution in [2.45, 2.75) is 24.1 Å². The Morgan fingerprint density at radius 3 is 2.50 bits per heavy atom. The van der Waals surface area contributed by atoms with Crippen LogP contribution in [0.25, 0.3) is 0 Å². The monoisotopic (exact) mass is 179 g/mol. The maximum Gasteiger partial charge on any atom is 0.207 e. The van der Waals surface area contributed by atoms with Gasteiger partial charge in [-0.05, 0) is 0 Å². The molecule has 0 radical (unpaired) electrons. The Morgan fingerprint density at radius 1 is 1.42 bits per heavy atom. The van der Waals surface area contributed by atoms with Crippen LogP contribution in [-0.2, 0) is 4.74 Å². The molecule has 6 heteroatoms. The summed E-state index contributed by atoms with van der Waals surface area (Å²) in [5.74, 6) is -1.95. The fraction of sp³-hybridized carbons (Fsp3) is 1.00. The van der Waals surface area contributed by atoms with Crippen LogP contribution in [-0.4, -0.2) is 57.7 Å². The van der Waals surface area contributed by atoms with Gasteiger partial charge < -0.3 is 30.9 Å². The second kappa shape index (κ2) is 3.25. The highest BCUT2D eigenvalue weighted by atomic mass is 16.6. The van der Waals surface area contributed by atoms with Crippen LogP contribution >= 0.6 is 0 Å². The summed E-state index contributed by atoms with van der Waals surface area (Å²) in [6.45, 7) is -0.579. The quantitative estimate of drug-likeness (QED) is 0.288. The third-order valence-corrected chi connectivity index (χ3v) is 1.98. The van der Waals surface area contributed by atoms with E-state index in [1.54, 1.807) is 0 Å². The van der Waals surface area contributed by atoms with Crippen LogP contribution < -0.4 is 5.73 Å². The molecule has 0 aromatic rings. The summed E-state index contributed by atoms with van der Waals surface area (Å²) in [4.78, 5) is 0. The van der Waals surface area contributed by atoms with Gasteiger partial charge in [-0.25, -0.2) is 0 Å². The lowest BCUT2D eigenvalue weighted by molar-refractivity contribution is -0.315. The first-order valence-electron chi connectivity index (χ1n) is 3.62. The molecule has 0 aromatic carbocycles. The van der Waals surface area contributed by atoms with Gasteiger partial charge in [0.05, 0.1) is 6.61 Å². The van der Waals surface area contributed by atoms with Crippen molar-refractivity contribution in [3.8, 4) is 0 Å². The van der Waals surface area contributed by atoms with Gasteiger partial charge in [0, 0.05) is 6.54 Å². The normalized spacial score (nSPS) is 49.2. The third kappa shape index (κ3) is 1.45. The molecule has 6 N–H and O–H groups in total. The van der Waals surface area contributed by atoms with Crippen LogP contribution in [0.1, 0.15) is 0 Å². The second-order valence-corrected chi connectivity index (χ2v) is 2.86. The minimum absolute atomic E-state index is 0.244. The molecule has 0 aliphatic carbocycles. The molecular weight excluding hydrogens is 166 g/mol. The van der Waals surface area contributed by atoms with E-state index in [2.05, 4.69) is 4.74 Å². The molecule has 0 spiro atoms. The van der Waals surface area contributed by atoms with Gasteiger partial charge in [0.2, 0.25) is 5.79 Å². The van der Waals surface area contributed by atoms with E-state index in [-0.39, 0.29) is 13.2 Å². The maximum absolute atomic E-state index is 9.37. The summed E-state index contributed by atoms with van der Waals surface area (Å²) < 4.78 is 4.68. The zero-order valence-electron chi connectivity index (χ0n) is 6.42. The number of hydrogen-bond donors (Lipinski definition) is 5. The fourth-order valence-electron chi connectivity index (χ4n) is 1.07. The smallest absolute Gasteiger partial charge is 0.207 e. The zero-order valence-corrected chi connectivity index (χ0v) is 6.42. The third-order valence-electron chi connectivity index (χ3n) is 1.98. The number of nitrogens with two attached hydrogens (primary N) is 1. The van der Waals surface area contributed by atoms with Crippen molar-refractivity contribution in [2.75, 3.05) is 13.2 Å². The predicted octanol–water partition coefficient (Wildman–Crippen LogP) is -3.25. The van der Waals surface area contributed by atoms with Crippen LogP contribution in [0.5, 0.6) is 0 Å². The number of hydrogen-bond acceptors (Lipinski definition) is 6. The largest absolute Gasteiger partial charge is 0.388 e. The van der Waals surface area contributed by atoms with E-state index in [1.807, 2.05) is 0 Å². The number of aliphatic hydroxyl groups is 4. The van der Waals surface area contributed by atoms with E-state index in [4.69, 9.17) is 15.9 Å². The molecular formula is C6H13NO5. The summed E-state index contributed by atoms with van der Waals surface area (Å²) in [5.41, 5.74) is 5.11. The molecule has 0 saturated carbocycles. The molecule has 1 rings (SSSR count). The Kier molecular flexibility index (Phi) is 2.67. The molecule has 1 saturated heterocycles. The highest BCUT2D eigenvalue weighted by Crippen LogP contribution is 2.22. The molecule has 1 fully saturated rings. The van der Waals surface area contributed by atoms with Gasteiger partial charge >= 0.3 is 0 Å². The molecule has 1 aliphatic rings. The molecule has 0 bridgehead atoms. The molecule has 1 heterocycles. The number of aliphatic hydroxyl groups excluding tert-OH is 3. The van der Waals surface area contributed by atoms with Crippen LogP contribution in [0, 0.1) is 0 Å². The zero-order chi connectivity index (χ0) is 9.35. The van der Waals surface area contributed by atoms with E-state index in [0.717, 1.165) is 0 Å². The second-order valence-electron chi connectivity index (χ2n) is 2.86.